The first kappa shape index (κ1) is 138. The minimum Gasteiger partial charge on any atom is 0 e. The Bertz CT molecular complexity index is 2500. The Morgan fingerprint density at radius 2 is 0.421 bits per heavy atom. The molecule has 8 aliphatic carbocycles. The van der Waals surface area contributed by atoms with Gasteiger partial charge in [-0.1, -0.05) is 180 Å². The van der Waals surface area contributed by atoms with Gasteiger partial charge in [0.25, 0.3) is 0 Å². The third kappa shape index (κ3) is 82.0. The summed E-state index contributed by atoms with van der Waals surface area (Å²) in [6.45, 7) is 35.4. The van der Waals surface area contributed by atoms with Crippen molar-refractivity contribution in [3.05, 3.63) is 0 Å². The van der Waals surface area contributed by atoms with E-state index in [1.807, 2.05) is 0 Å². The summed E-state index contributed by atoms with van der Waals surface area (Å²) in [6.07, 6.45) is 60.0. The van der Waals surface area contributed by atoms with Crippen molar-refractivity contribution in [2.45, 2.75) is 407 Å². The number of nitrogens with two attached hydrogens (primary N) is 2. The predicted octanol–water partition coefficient (Wildman–Crippen LogP) is 11.3. The van der Waals surface area contributed by atoms with Crippen LogP contribution in [0.5, 0.6) is 0 Å². The number of rotatable bonds is 20. The van der Waals surface area contributed by atoms with Gasteiger partial charge in [0, 0.05) is 316 Å². The zero-order chi connectivity index (χ0) is 99.7. The van der Waals surface area contributed by atoms with Crippen LogP contribution < -0.4 is 118 Å². The van der Waals surface area contributed by atoms with E-state index in [0.29, 0.717) is 98.2 Å². The number of carbonyl (C=O) groups is 4. The van der Waals surface area contributed by atoms with Gasteiger partial charge < -0.3 is 138 Å². The summed E-state index contributed by atoms with van der Waals surface area (Å²) in [5, 5.41) is 106. The van der Waals surface area contributed by atoms with Crippen LogP contribution in [0.1, 0.15) is 335 Å². The fraction of sp³-hybridized carbons (Fsp3) is 0.961. The van der Waals surface area contributed by atoms with E-state index in [0.717, 1.165) is 284 Å². The summed E-state index contributed by atoms with van der Waals surface area (Å²) in [7, 11) is 19.2. The second-order valence-corrected chi connectivity index (χ2v) is 44.8. The van der Waals surface area contributed by atoms with Crippen LogP contribution >= 0.6 is 40.4 Å². The van der Waals surface area contributed by atoms with Crippen LogP contribution in [-0.2, 0) is 79.6 Å². The molecule has 12 atom stereocenters. The molecule has 12 fully saturated rings. The zero-order valence-electron chi connectivity index (χ0n) is 87.4. The van der Waals surface area contributed by atoms with Crippen molar-refractivity contribution in [2.75, 3.05) is 196 Å². The fourth-order valence-corrected chi connectivity index (χ4v) is 21.6. The molecule has 12 rings (SSSR count). The number of hydrogen-bond donors (Lipinski definition) is 26. The molecule has 0 amide bonds. The van der Waals surface area contributed by atoms with E-state index in [9.17, 15) is 19.2 Å². The van der Waals surface area contributed by atoms with E-state index in [2.05, 4.69) is 120 Å². The summed E-state index contributed by atoms with van der Waals surface area (Å²) in [4.78, 5) is 41.0. The van der Waals surface area contributed by atoms with Gasteiger partial charge in [0.15, 0.2) is 0 Å². The third-order valence-corrected chi connectivity index (χ3v) is 29.4. The average Bonchev–Trinajstić information content (AvgIpc) is 1.21. The van der Waals surface area contributed by atoms with E-state index in [-0.39, 0.29) is 60.4 Å². The summed E-state index contributed by atoms with van der Waals surface area (Å²) in [5.41, 5.74) is 11.6. The Balaban J connectivity index is 0.000000804. The van der Waals surface area contributed by atoms with E-state index < -0.39 is 23.9 Å². The Labute approximate surface area is 902 Å². The van der Waals surface area contributed by atoms with Crippen LogP contribution in [0.15, 0.2) is 0 Å². The molecule has 4 heterocycles. The van der Waals surface area contributed by atoms with Crippen molar-refractivity contribution in [2.24, 2.45) is 35.1 Å². The van der Waals surface area contributed by atoms with Crippen molar-refractivity contribution < 1.29 is 100 Å². The molecule has 8 saturated carbocycles. The molecule has 12 aliphatic rings. The third-order valence-electron chi connectivity index (χ3n) is 29.4. The number of carboxylic acid groups (broad SMARTS) is 4. The molecule has 832 valence electrons. The fourth-order valence-electron chi connectivity index (χ4n) is 21.6. The molecule has 0 aromatic heterocycles. The molecule has 2 radical (unpaired) electrons. The zero-order valence-corrected chi connectivity index (χ0v) is 95.2. The molecule has 0 aromatic rings. The van der Waals surface area contributed by atoms with Crippen molar-refractivity contribution in [3.63, 3.8) is 0 Å². The quantitative estimate of drug-likeness (QED) is 0.0503. The number of nitrogens with one attached hydrogen (secondary N) is 20. The van der Waals surface area contributed by atoms with Crippen molar-refractivity contribution in [1.82, 2.24) is 106 Å². The van der Waals surface area contributed by atoms with Crippen LogP contribution in [0.25, 0.3) is 0 Å². The molecule has 140 heavy (non-hydrogen) atoms. The van der Waals surface area contributed by atoms with E-state index in [1.165, 1.54) is 231 Å². The van der Waals surface area contributed by atoms with E-state index >= 15 is 0 Å². The van der Waals surface area contributed by atoms with Crippen LogP contribution in [0.4, 0.5) is 0 Å². The normalized spacial score (nSPS) is 27.5. The summed E-state index contributed by atoms with van der Waals surface area (Å²) in [5.74, 6) is 0.737. The number of carboxylic acids is 4. The van der Waals surface area contributed by atoms with Crippen molar-refractivity contribution in [3.8, 4) is 0 Å². The van der Waals surface area contributed by atoms with Gasteiger partial charge in [-0.15, -0.1) is 0 Å². The molecular formula is C102H210Cl4Mn4N22O8. The van der Waals surface area contributed by atoms with Gasteiger partial charge in [-0.25, -0.2) is 0 Å². The smallest absolute Gasteiger partial charge is 0 e. The topological polar surface area (TPSA) is 442 Å². The Morgan fingerprint density at radius 1 is 0.236 bits per heavy atom. The Kier molecular flexibility index (Phi) is 99.8. The number of hydrogen-bond acceptors (Lipinski definition) is 26. The van der Waals surface area contributed by atoms with Crippen LogP contribution in [0.3, 0.4) is 0 Å². The molecule has 4 saturated heterocycles. The van der Waals surface area contributed by atoms with Crippen LogP contribution in [0, 0.1) is 23.7 Å². The van der Waals surface area contributed by atoms with Crippen LogP contribution in [-0.4, -0.2) is 313 Å². The molecule has 4 aliphatic heterocycles. The minimum absolute atomic E-state index is 0. The van der Waals surface area contributed by atoms with Crippen molar-refractivity contribution in [1.29, 1.82) is 0 Å². The second kappa shape index (κ2) is 101. The van der Waals surface area contributed by atoms with E-state index in [4.69, 9.17) is 72.3 Å². The minimum atomic E-state index is -0.647. The van der Waals surface area contributed by atoms with Gasteiger partial charge in [-0.05, 0) is 166 Å². The number of halogens is 4. The maximum atomic E-state index is 10.2. The van der Waals surface area contributed by atoms with Crippen molar-refractivity contribution >= 4 is 64.3 Å². The first-order valence-corrected chi connectivity index (χ1v) is 62.5. The van der Waals surface area contributed by atoms with Gasteiger partial charge in [-0.2, -0.15) is 0 Å². The SMILES string of the molecule is C1CC[C@H]2NCCN[C@@H]3CCCC[C@H]3NCCNCCN[C@@H]2C1.C1CNCCNCCNCCNCCN1.C[C@@H]1CNCCN[C@@H](C)CN[C@@H]2CCCC[C@H]2NCCN1.NCC[C@@H]1CN[C@@H](CCN)CN[C@@H]2CCCC[C@H]2NCCNCCN1.O=C(O)CCCC1CCCCC1.O=C(O)CCCC1CCCCC1.O=C(O)CCCC1CCCCC1.O=C(O)CCCC1CCCCC1.[Cl][Mn][Cl].[Cl][Mn][Cl].[Mn].[Mn]. The molecule has 28 N–H and O–H groups in total. The Hall–Kier alpha value is 0.238. The molecule has 38 heteroatoms. The van der Waals surface area contributed by atoms with Gasteiger partial charge in [0.2, 0.25) is 0 Å². The van der Waals surface area contributed by atoms with Crippen LogP contribution in [0.2, 0.25) is 0 Å². The maximum Gasteiger partial charge on any atom is 0 e. The molecule has 0 aromatic carbocycles. The second-order valence-electron chi connectivity index (χ2n) is 40.9. The first-order valence-electron chi connectivity index (χ1n) is 56.0. The number of aliphatic carboxylic acids is 4. The molecule has 30 nitrogen and oxygen atoms in total. The summed E-state index contributed by atoms with van der Waals surface area (Å²) >= 11 is 0.0139. The molecule has 0 bridgehead atoms. The maximum absolute atomic E-state index is 10.2. The molecular weight excluding hydrogens is 2020 g/mol. The van der Waals surface area contributed by atoms with Gasteiger partial charge in [0.05, 0.1) is 0 Å². The first-order chi connectivity index (χ1) is 67.5. The van der Waals surface area contributed by atoms with Gasteiger partial charge >= 0.3 is 90.5 Å². The van der Waals surface area contributed by atoms with E-state index in [1.54, 1.807) is 0 Å². The predicted molar refractivity (Wildman–Crippen MR) is 573 cm³/mol. The monoisotopic (exact) mass is 2230 g/mol. The van der Waals surface area contributed by atoms with Gasteiger partial charge in [-0.3, -0.25) is 19.2 Å². The standard InChI is InChI=1S/C18H41N7.C18H37N5.C16H35N5.C10H25N5.4C10H18O2.4ClH.4Mn/c19-7-5-15-13-24-16(6-8-20)14-25-18-4-2-1-3-17(18)23-12-10-21-9-11-22-15;1-3-7-17-15(5-1)20-11-9-19-10-12-21-16-6-2-4-8-18(16)23-14-13-22-17;1-13-11-17-7-8-18-14(2)12-21-16-6-4-3-5-15(16)20-10-9-19-13;1-2-12-5-6-14-9-10-15-8-7-13-4-3-11-1;4*11-10(12)8-4-7-9-5-2-1-3-6-9;;;;;;;;/h15-18,21-25H,1-14,19-20H2;15-23H,1-14H2;13-21H,3-12H2,1-2H3;11-15H,1-10H2;4*9H,1-8H2,(H,11,12);4*1H;;;;/q;;;;;;;;;;;;;;2*+2/p-4/t15-,16+,17-,18-;15-,16-,17-,18-;13-,14+,15-,16-;;;;;;;;;;;;;/m111............./s1. The Morgan fingerprint density at radius 3 is 0.679 bits per heavy atom. The largest absolute Gasteiger partial charge is 0 e. The average molecular weight is 2230 g/mol. The summed E-state index contributed by atoms with van der Waals surface area (Å²) in [6, 6.07) is 7.05. The summed E-state index contributed by atoms with van der Waals surface area (Å²) < 4.78 is 0. The number of fused-ring (bicyclic) bond motifs is 4. The molecule has 0 unspecified atom stereocenters. The van der Waals surface area contributed by atoms with Gasteiger partial charge in [0.1, 0.15) is 0 Å². The molecule has 0 spiro atoms.